The van der Waals surface area contributed by atoms with E-state index in [1.54, 1.807) is 0 Å². The molecule has 0 aromatic carbocycles. The van der Waals surface area contributed by atoms with Gasteiger partial charge in [0, 0.05) is 19.5 Å². The van der Waals surface area contributed by atoms with Gasteiger partial charge in [0.2, 0.25) is 0 Å². The Morgan fingerprint density at radius 2 is 1.80 bits per heavy atom. The molecule has 0 amide bonds. The van der Waals surface area contributed by atoms with Gasteiger partial charge >= 0.3 is 0 Å². The summed E-state index contributed by atoms with van der Waals surface area (Å²) in [6.45, 7) is 5.33. The van der Waals surface area contributed by atoms with Gasteiger partial charge in [0.25, 0.3) is 0 Å². The molecule has 1 rings (SSSR count). The van der Waals surface area contributed by atoms with Crippen LogP contribution in [0.3, 0.4) is 0 Å². The molecule has 58 valence electrons. The van der Waals surface area contributed by atoms with Gasteiger partial charge in [0.05, 0.1) is 13.2 Å². The summed E-state index contributed by atoms with van der Waals surface area (Å²) >= 11 is 0. The summed E-state index contributed by atoms with van der Waals surface area (Å²) in [5.41, 5.74) is 0. The van der Waals surface area contributed by atoms with Crippen LogP contribution in [-0.4, -0.2) is 19.5 Å². The first kappa shape index (κ1) is 13.6. The maximum atomic E-state index is 5.14. The normalized spacial score (nSPS) is 18.9. The number of hydrogen-bond donors (Lipinski definition) is 0. The van der Waals surface area contributed by atoms with Crippen molar-refractivity contribution in [3.05, 3.63) is 6.92 Å². The van der Waals surface area contributed by atoms with Crippen LogP contribution in [0.2, 0.25) is 0 Å². The SMILES string of the molecule is Br.[CH2-]CC1OCCCO1.[Zn]. The molecule has 0 unspecified atom stereocenters. The van der Waals surface area contributed by atoms with Crippen molar-refractivity contribution >= 4 is 17.0 Å². The summed E-state index contributed by atoms with van der Waals surface area (Å²) in [7, 11) is 0. The van der Waals surface area contributed by atoms with Gasteiger partial charge < -0.3 is 16.4 Å². The van der Waals surface area contributed by atoms with Crippen molar-refractivity contribution in [1.82, 2.24) is 0 Å². The quantitative estimate of drug-likeness (QED) is 0.527. The monoisotopic (exact) mass is 259 g/mol. The van der Waals surface area contributed by atoms with E-state index in [0.29, 0.717) is 0 Å². The molecule has 2 nitrogen and oxygen atoms in total. The van der Waals surface area contributed by atoms with E-state index in [4.69, 9.17) is 9.47 Å². The second-order valence-electron chi connectivity index (χ2n) is 1.81. The molecule has 0 aromatic rings. The molecular formula is C6H12BrO2Zn-. The third-order valence-electron chi connectivity index (χ3n) is 1.13. The molecule has 0 bridgehead atoms. The number of rotatable bonds is 1. The molecule has 0 aromatic heterocycles. The molecule has 1 aliphatic rings. The van der Waals surface area contributed by atoms with E-state index in [0.717, 1.165) is 26.1 Å². The first-order chi connectivity index (χ1) is 3.93. The minimum absolute atomic E-state index is 0. The van der Waals surface area contributed by atoms with Crippen molar-refractivity contribution in [3.8, 4) is 0 Å². The largest absolute Gasteiger partial charge is 0.355 e. The molecule has 0 N–H and O–H groups in total. The minimum atomic E-state index is -0.0243. The van der Waals surface area contributed by atoms with Crippen LogP contribution >= 0.6 is 17.0 Å². The molecule has 0 spiro atoms. The second kappa shape index (κ2) is 8.12. The molecule has 1 fully saturated rings. The zero-order valence-corrected chi connectivity index (χ0v) is 10.7. The fraction of sp³-hybridized carbons (Fsp3) is 0.833. The molecule has 0 atom stereocenters. The number of ether oxygens (including phenoxy) is 2. The first-order valence-electron chi connectivity index (χ1n) is 2.96. The summed E-state index contributed by atoms with van der Waals surface area (Å²) in [6, 6.07) is 0. The number of hydrogen-bond acceptors (Lipinski definition) is 2. The van der Waals surface area contributed by atoms with Crippen LogP contribution in [0.25, 0.3) is 0 Å². The van der Waals surface area contributed by atoms with E-state index in [1.165, 1.54) is 0 Å². The topological polar surface area (TPSA) is 18.5 Å². The van der Waals surface area contributed by atoms with Gasteiger partial charge in [-0.15, -0.1) is 23.4 Å². The van der Waals surface area contributed by atoms with Crippen LogP contribution in [0.5, 0.6) is 0 Å². The Bertz CT molecular complexity index is 66.8. The third kappa shape index (κ3) is 4.78. The smallest absolute Gasteiger partial charge is 0.130 e. The summed E-state index contributed by atoms with van der Waals surface area (Å²) < 4.78 is 10.3. The van der Waals surface area contributed by atoms with Gasteiger partial charge in [0.1, 0.15) is 6.29 Å². The van der Waals surface area contributed by atoms with Crippen molar-refractivity contribution in [2.24, 2.45) is 0 Å². The predicted octanol–water partition coefficient (Wildman–Crippen LogP) is 1.55. The molecule has 1 heterocycles. The molecule has 1 aliphatic heterocycles. The summed E-state index contributed by atoms with van der Waals surface area (Å²) in [6.07, 6.45) is 1.72. The molecule has 0 saturated carbocycles. The van der Waals surface area contributed by atoms with Crippen LogP contribution in [0.4, 0.5) is 0 Å². The van der Waals surface area contributed by atoms with Crippen LogP contribution in [0, 0.1) is 6.92 Å². The fourth-order valence-electron chi connectivity index (χ4n) is 0.703. The van der Waals surface area contributed by atoms with Crippen molar-refractivity contribution in [2.45, 2.75) is 19.1 Å². The van der Waals surface area contributed by atoms with E-state index in [1.807, 2.05) is 0 Å². The standard InChI is InChI=1S/C6H11O2.BrH.Zn/c1-2-6-7-4-3-5-8-6;;/h6H,1-5H2;1H;/q-1;;. The van der Waals surface area contributed by atoms with Crippen molar-refractivity contribution in [3.63, 3.8) is 0 Å². The molecular weight excluding hydrogens is 249 g/mol. The van der Waals surface area contributed by atoms with Crippen LogP contribution < -0.4 is 0 Å². The summed E-state index contributed by atoms with van der Waals surface area (Å²) in [4.78, 5) is 0. The Kier molecular flexibility index (Phi) is 11.0. The number of halogens is 1. The molecule has 10 heavy (non-hydrogen) atoms. The Morgan fingerprint density at radius 1 is 1.30 bits per heavy atom. The Labute approximate surface area is 85.2 Å². The van der Waals surface area contributed by atoms with Crippen molar-refractivity contribution in [2.75, 3.05) is 13.2 Å². The average Bonchev–Trinajstić information content (AvgIpc) is 1.90. The Balaban J connectivity index is 0. The maximum Gasteiger partial charge on any atom is 0.130 e. The molecule has 0 aliphatic carbocycles. The molecule has 0 radical (unpaired) electrons. The van der Waals surface area contributed by atoms with E-state index in [9.17, 15) is 0 Å². The molecule has 4 heteroatoms. The van der Waals surface area contributed by atoms with Crippen LogP contribution in [0.1, 0.15) is 12.8 Å². The van der Waals surface area contributed by atoms with E-state index in [2.05, 4.69) is 6.92 Å². The van der Waals surface area contributed by atoms with Crippen molar-refractivity contribution < 1.29 is 29.0 Å². The zero-order valence-electron chi connectivity index (χ0n) is 6.04. The maximum absolute atomic E-state index is 5.14. The Morgan fingerprint density at radius 3 is 2.10 bits per heavy atom. The summed E-state index contributed by atoms with van der Waals surface area (Å²) in [5, 5.41) is 0. The van der Waals surface area contributed by atoms with Gasteiger partial charge in [-0.2, -0.15) is 0 Å². The first-order valence-corrected chi connectivity index (χ1v) is 2.96. The van der Waals surface area contributed by atoms with Crippen molar-refractivity contribution in [1.29, 1.82) is 0 Å². The zero-order chi connectivity index (χ0) is 5.82. The van der Waals surface area contributed by atoms with Crippen LogP contribution in [-0.2, 0) is 29.0 Å². The van der Waals surface area contributed by atoms with Gasteiger partial charge in [0.15, 0.2) is 0 Å². The second-order valence-corrected chi connectivity index (χ2v) is 1.81. The van der Waals surface area contributed by atoms with E-state index >= 15 is 0 Å². The van der Waals surface area contributed by atoms with E-state index in [-0.39, 0.29) is 42.7 Å². The van der Waals surface area contributed by atoms with Gasteiger partial charge in [-0.25, -0.2) is 0 Å². The van der Waals surface area contributed by atoms with Gasteiger partial charge in [-0.1, -0.05) is 0 Å². The predicted molar refractivity (Wildman–Crippen MR) is 40.6 cm³/mol. The average molecular weight is 261 g/mol. The summed E-state index contributed by atoms with van der Waals surface area (Å²) in [5.74, 6) is 0. The van der Waals surface area contributed by atoms with Gasteiger partial charge in [-0.05, 0) is 6.42 Å². The van der Waals surface area contributed by atoms with Gasteiger partial charge in [-0.3, -0.25) is 0 Å². The third-order valence-corrected chi connectivity index (χ3v) is 1.13. The molecule has 1 saturated heterocycles. The Hall–Kier alpha value is 1.02. The van der Waals surface area contributed by atoms with E-state index < -0.39 is 0 Å². The minimum Gasteiger partial charge on any atom is -0.355 e. The fourth-order valence-corrected chi connectivity index (χ4v) is 0.703. The van der Waals surface area contributed by atoms with Crippen LogP contribution in [0.15, 0.2) is 0 Å².